The van der Waals surface area contributed by atoms with Crippen LogP contribution in [0.3, 0.4) is 0 Å². The molecule has 0 aliphatic carbocycles. The third-order valence-electron chi connectivity index (χ3n) is 4.44. The van der Waals surface area contributed by atoms with Gasteiger partial charge in [0.2, 0.25) is 0 Å². The smallest absolute Gasteiger partial charge is 0.322 e. The lowest BCUT2D eigenvalue weighted by atomic mass is 9.80. The van der Waals surface area contributed by atoms with Gasteiger partial charge in [-0.05, 0) is 33.2 Å². The molecule has 114 valence electrons. The Bertz CT molecular complexity index is 573. The van der Waals surface area contributed by atoms with Crippen molar-refractivity contribution in [2.45, 2.75) is 38.8 Å². The highest BCUT2D eigenvalue weighted by Gasteiger charge is 2.48. The first-order chi connectivity index (χ1) is 9.97. The van der Waals surface area contributed by atoms with E-state index in [0.717, 1.165) is 37.5 Å². The van der Waals surface area contributed by atoms with Gasteiger partial charge in [0.1, 0.15) is 5.54 Å². The number of carbonyl (C=O) groups is 2. The van der Waals surface area contributed by atoms with Crippen LogP contribution in [0.25, 0.3) is 0 Å². The Morgan fingerprint density at radius 3 is 2.95 bits per heavy atom. The standard InChI is InChI=1S/C14H20N4O2S/c1-9-15-6-11(21-9)8-18-5-3-4-10(7-18)14(2)12(19)16-13(20)17-14/h6,10H,3-5,7-8H2,1-2H3,(H2,16,17,19,20). The van der Waals surface area contributed by atoms with E-state index < -0.39 is 5.54 Å². The van der Waals surface area contributed by atoms with Crippen molar-refractivity contribution in [1.29, 1.82) is 0 Å². The first-order valence-corrected chi connectivity index (χ1v) is 8.06. The van der Waals surface area contributed by atoms with Crippen LogP contribution >= 0.6 is 11.3 Å². The zero-order chi connectivity index (χ0) is 15.0. The van der Waals surface area contributed by atoms with E-state index in [9.17, 15) is 9.59 Å². The molecule has 2 unspecified atom stereocenters. The monoisotopic (exact) mass is 308 g/mol. The highest BCUT2D eigenvalue weighted by atomic mass is 32.1. The van der Waals surface area contributed by atoms with E-state index in [2.05, 4.69) is 20.5 Å². The van der Waals surface area contributed by atoms with E-state index in [4.69, 9.17) is 0 Å². The van der Waals surface area contributed by atoms with Crippen molar-refractivity contribution in [2.75, 3.05) is 13.1 Å². The molecule has 2 saturated heterocycles. The van der Waals surface area contributed by atoms with E-state index in [1.54, 1.807) is 11.3 Å². The second kappa shape index (κ2) is 5.38. The summed E-state index contributed by atoms with van der Waals surface area (Å²) in [6.07, 6.45) is 3.93. The Morgan fingerprint density at radius 2 is 2.33 bits per heavy atom. The van der Waals surface area contributed by atoms with Crippen molar-refractivity contribution in [1.82, 2.24) is 20.5 Å². The summed E-state index contributed by atoms with van der Waals surface area (Å²) in [7, 11) is 0. The number of nitrogens with one attached hydrogen (secondary N) is 2. The maximum atomic E-state index is 12.1. The van der Waals surface area contributed by atoms with Crippen LogP contribution in [0.5, 0.6) is 0 Å². The van der Waals surface area contributed by atoms with Crippen molar-refractivity contribution < 1.29 is 9.59 Å². The summed E-state index contributed by atoms with van der Waals surface area (Å²) in [4.78, 5) is 31.4. The highest BCUT2D eigenvalue weighted by molar-refractivity contribution is 7.11. The largest absolute Gasteiger partial charge is 0.323 e. The van der Waals surface area contributed by atoms with Gasteiger partial charge in [-0.1, -0.05) is 0 Å². The first kappa shape index (κ1) is 14.5. The maximum absolute atomic E-state index is 12.1. The topological polar surface area (TPSA) is 74.3 Å². The number of hydrogen-bond donors (Lipinski definition) is 2. The summed E-state index contributed by atoms with van der Waals surface area (Å²) in [6, 6.07) is -0.377. The number of thiazole rings is 1. The minimum atomic E-state index is -0.778. The molecule has 3 rings (SSSR count). The molecule has 0 aromatic carbocycles. The van der Waals surface area contributed by atoms with Gasteiger partial charge in [-0.15, -0.1) is 11.3 Å². The van der Waals surface area contributed by atoms with Gasteiger partial charge in [-0.25, -0.2) is 9.78 Å². The van der Waals surface area contributed by atoms with Gasteiger partial charge in [-0.2, -0.15) is 0 Å². The van der Waals surface area contributed by atoms with Crippen LogP contribution in [0.15, 0.2) is 6.20 Å². The van der Waals surface area contributed by atoms with E-state index in [1.165, 1.54) is 4.88 Å². The Balaban J connectivity index is 1.68. The van der Waals surface area contributed by atoms with Crippen LogP contribution in [0, 0.1) is 12.8 Å². The molecule has 21 heavy (non-hydrogen) atoms. The lowest BCUT2D eigenvalue weighted by molar-refractivity contribution is -0.126. The van der Waals surface area contributed by atoms with Gasteiger partial charge < -0.3 is 5.32 Å². The number of piperidine rings is 1. The molecule has 6 nitrogen and oxygen atoms in total. The molecule has 1 aromatic rings. The Labute approximate surface area is 127 Å². The van der Waals surface area contributed by atoms with Crippen molar-refractivity contribution in [2.24, 2.45) is 5.92 Å². The highest BCUT2D eigenvalue weighted by Crippen LogP contribution is 2.30. The molecular formula is C14H20N4O2S. The second-order valence-electron chi connectivity index (χ2n) is 6.03. The number of rotatable bonds is 3. The average Bonchev–Trinajstić information content (AvgIpc) is 2.94. The summed E-state index contributed by atoms with van der Waals surface area (Å²) in [5.74, 6) is -0.0558. The molecule has 0 spiro atoms. The van der Waals surface area contributed by atoms with Gasteiger partial charge >= 0.3 is 6.03 Å². The molecule has 7 heteroatoms. The number of aromatic nitrogens is 1. The normalized spacial score (nSPS) is 30.3. The van der Waals surface area contributed by atoms with Crippen molar-refractivity contribution in [3.63, 3.8) is 0 Å². The molecule has 0 radical (unpaired) electrons. The Morgan fingerprint density at radius 1 is 1.52 bits per heavy atom. The predicted molar refractivity (Wildman–Crippen MR) is 79.9 cm³/mol. The molecule has 2 aliphatic rings. The van der Waals surface area contributed by atoms with Gasteiger partial charge in [0, 0.05) is 30.1 Å². The number of carbonyl (C=O) groups excluding carboxylic acids is 2. The molecule has 3 amide bonds. The third kappa shape index (κ3) is 2.80. The Hall–Kier alpha value is -1.47. The quantitative estimate of drug-likeness (QED) is 0.825. The number of amides is 3. The molecule has 3 heterocycles. The lowest BCUT2D eigenvalue weighted by Gasteiger charge is -2.39. The molecule has 2 atom stereocenters. The fourth-order valence-electron chi connectivity index (χ4n) is 3.21. The van der Waals surface area contributed by atoms with E-state index in [1.807, 2.05) is 20.0 Å². The minimum Gasteiger partial charge on any atom is -0.323 e. The van der Waals surface area contributed by atoms with E-state index >= 15 is 0 Å². The number of imide groups is 1. The number of urea groups is 1. The van der Waals surface area contributed by atoms with E-state index in [-0.39, 0.29) is 17.9 Å². The predicted octanol–water partition coefficient (Wildman–Crippen LogP) is 1.26. The fraction of sp³-hybridized carbons (Fsp3) is 0.643. The van der Waals surface area contributed by atoms with Crippen LogP contribution in [0.2, 0.25) is 0 Å². The zero-order valence-electron chi connectivity index (χ0n) is 12.3. The summed E-state index contributed by atoms with van der Waals surface area (Å²) < 4.78 is 0. The summed E-state index contributed by atoms with van der Waals surface area (Å²) in [6.45, 7) is 6.55. The van der Waals surface area contributed by atoms with Crippen LogP contribution in [0.1, 0.15) is 29.7 Å². The molecular weight excluding hydrogens is 288 g/mol. The number of aryl methyl sites for hydroxylation is 1. The van der Waals surface area contributed by atoms with Crippen molar-refractivity contribution in [3.8, 4) is 0 Å². The summed E-state index contributed by atoms with van der Waals surface area (Å²) in [5, 5.41) is 6.24. The van der Waals surface area contributed by atoms with Crippen LogP contribution < -0.4 is 10.6 Å². The number of hydrogen-bond acceptors (Lipinski definition) is 5. The van der Waals surface area contributed by atoms with Gasteiger partial charge in [-0.3, -0.25) is 15.0 Å². The van der Waals surface area contributed by atoms with Crippen LogP contribution in [0.4, 0.5) is 4.79 Å². The summed E-state index contributed by atoms with van der Waals surface area (Å²) >= 11 is 1.71. The number of likely N-dealkylation sites (tertiary alicyclic amines) is 1. The van der Waals surface area contributed by atoms with Crippen LogP contribution in [-0.4, -0.2) is 40.5 Å². The number of nitrogens with zero attached hydrogens (tertiary/aromatic N) is 2. The van der Waals surface area contributed by atoms with Gasteiger partial charge in [0.25, 0.3) is 5.91 Å². The fourth-order valence-corrected chi connectivity index (χ4v) is 4.05. The van der Waals surface area contributed by atoms with Crippen molar-refractivity contribution in [3.05, 3.63) is 16.1 Å². The van der Waals surface area contributed by atoms with Crippen LogP contribution in [-0.2, 0) is 11.3 Å². The molecule has 0 bridgehead atoms. The lowest BCUT2D eigenvalue weighted by Crippen LogP contribution is -2.55. The van der Waals surface area contributed by atoms with Gasteiger partial charge in [0.15, 0.2) is 0 Å². The summed E-state index contributed by atoms with van der Waals surface area (Å²) in [5.41, 5.74) is -0.778. The average molecular weight is 308 g/mol. The molecule has 1 aromatic heterocycles. The molecule has 2 fully saturated rings. The molecule has 2 N–H and O–H groups in total. The van der Waals surface area contributed by atoms with Gasteiger partial charge in [0.05, 0.1) is 5.01 Å². The molecule has 0 saturated carbocycles. The van der Waals surface area contributed by atoms with Crippen molar-refractivity contribution >= 4 is 23.3 Å². The second-order valence-corrected chi connectivity index (χ2v) is 7.35. The first-order valence-electron chi connectivity index (χ1n) is 7.24. The third-order valence-corrected chi connectivity index (χ3v) is 5.34. The SMILES string of the molecule is Cc1ncc(CN2CCCC(C3(C)NC(=O)NC3=O)C2)s1. The zero-order valence-corrected chi connectivity index (χ0v) is 13.1. The molecule has 2 aliphatic heterocycles. The maximum Gasteiger partial charge on any atom is 0.322 e. The minimum absolute atomic E-state index is 0.145. The van der Waals surface area contributed by atoms with E-state index in [0.29, 0.717) is 0 Å². The Kier molecular flexibility index (Phi) is 3.71.